The molecule has 5 heteroatoms. The van der Waals surface area contributed by atoms with Gasteiger partial charge >= 0.3 is 0 Å². The SMILES string of the molecule is CCC(CC)C(O)CNc1ncncc1Cl. The number of aromatic nitrogens is 2. The molecule has 0 fully saturated rings. The molecule has 1 rings (SSSR count). The molecule has 90 valence electrons. The fourth-order valence-corrected chi connectivity index (χ4v) is 1.82. The lowest BCUT2D eigenvalue weighted by Gasteiger charge is -2.20. The molecule has 0 radical (unpaired) electrons. The summed E-state index contributed by atoms with van der Waals surface area (Å²) in [7, 11) is 0. The summed E-state index contributed by atoms with van der Waals surface area (Å²) in [6, 6.07) is 0. The normalized spacial score (nSPS) is 12.8. The highest BCUT2D eigenvalue weighted by molar-refractivity contribution is 6.32. The van der Waals surface area contributed by atoms with Gasteiger partial charge in [0.05, 0.1) is 12.3 Å². The molecule has 1 aromatic heterocycles. The van der Waals surface area contributed by atoms with Gasteiger partial charge in [0, 0.05) is 6.54 Å². The molecule has 1 heterocycles. The molecule has 0 amide bonds. The van der Waals surface area contributed by atoms with Crippen LogP contribution in [-0.4, -0.2) is 27.7 Å². The average molecular weight is 244 g/mol. The lowest BCUT2D eigenvalue weighted by Crippen LogP contribution is -2.28. The van der Waals surface area contributed by atoms with Crippen LogP contribution in [0.5, 0.6) is 0 Å². The van der Waals surface area contributed by atoms with E-state index in [1.807, 2.05) is 0 Å². The van der Waals surface area contributed by atoms with Crippen molar-refractivity contribution in [1.29, 1.82) is 0 Å². The lowest BCUT2D eigenvalue weighted by atomic mass is 9.97. The Hall–Kier alpha value is -0.870. The van der Waals surface area contributed by atoms with Crippen molar-refractivity contribution in [1.82, 2.24) is 9.97 Å². The molecule has 0 aromatic carbocycles. The van der Waals surface area contributed by atoms with E-state index < -0.39 is 0 Å². The van der Waals surface area contributed by atoms with Gasteiger partial charge in [-0.3, -0.25) is 0 Å². The van der Waals surface area contributed by atoms with E-state index in [1.165, 1.54) is 12.5 Å². The van der Waals surface area contributed by atoms with Crippen LogP contribution >= 0.6 is 11.6 Å². The van der Waals surface area contributed by atoms with E-state index in [1.54, 1.807) is 0 Å². The minimum atomic E-state index is -0.374. The molecule has 2 N–H and O–H groups in total. The van der Waals surface area contributed by atoms with Gasteiger partial charge in [0.25, 0.3) is 0 Å². The summed E-state index contributed by atoms with van der Waals surface area (Å²) in [6.07, 6.45) is 4.52. The molecule has 1 unspecified atom stereocenters. The molecule has 0 bridgehead atoms. The summed E-state index contributed by atoms with van der Waals surface area (Å²) in [4.78, 5) is 7.79. The van der Waals surface area contributed by atoms with Crippen molar-refractivity contribution in [2.24, 2.45) is 5.92 Å². The predicted molar refractivity (Wildman–Crippen MR) is 65.6 cm³/mol. The summed E-state index contributed by atoms with van der Waals surface area (Å²) < 4.78 is 0. The summed E-state index contributed by atoms with van der Waals surface area (Å²) >= 11 is 5.89. The van der Waals surface area contributed by atoms with Crippen LogP contribution in [0.4, 0.5) is 5.82 Å². The summed E-state index contributed by atoms with van der Waals surface area (Å²) in [5, 5.41) is 13.4. The zero-order valence-corrected chi connectivity index (χ0v) is 10.4. The number of nitrogens with one attached hydrogen (secondary N) is 1. The first-order valence-electron chi connectivity index (χ1n) is 5.56. The fourth-order valence-electron chi connectivity index (χ4n) is 1.64. The quantitative estimate of drug-likeness (QED) is 0.805. The highest BCUT2D eigenvalue weighted by Gasteiger charge is 2.15. The van der Waals surface area contributed by atoms with Crippen LogP contribution in [0.3, 0.4) is 0 Å². The van der Waals surface area contributed by atoms with E-state index in [0.717, 1.165) is 12.8 Å². The first kappa shape index (κ1) is 13.2. The molecule has 0 saturated heterocycles. The number of rotatable bonds is 6. The van der Waals surface area contributed by atoms with Crippen molar-refractivity contribution in [2.45, 2.75) is 32.8 Å². The molecule has 4 nitrogen and oxygen atoms in total. The Labute approximate surface area is 101 Å². The zero-order valence-electron chi connectivity index (χ0n) is 9.65. The van der Waals surface area contributed by atoms with Crippen molar-refractivity contribution < 1.29 is 5.11 Å². The number of hydrogen-bond donors (Lipinski definition) is 2. The second kappa shape index (κ2) is 6.66. The van der Waals surface area contributed by atoms with Crippen LogP contribution < -0.4 is 5.32 Å². The van der Waals surface area contributed by atoms with Crippen LogP contribution in [0.2, 0.25) is 5.02 Å². The monoisotopic (exact) mass is 243 g/mol. The molecule has 1 aromatic rings. The summed E-state index contributed by atoms with van der Waals surface area (Å²) in [5.41, 5.74) is 0. The topological polar surface area (TPSA) is 58.0 Å². The lowest BCUT2D eigenvalue weighted by molar-refractivity contribution is 0.114. The van der Waals surface area contributed by atoms with Gasteiger partial charge in [-0.2, -0.15) is 0 Å². The van der Waals surface area contributed by atoms with Gasteiger partial charge in [-0.05, 0) is 5.92 Å². The van der Waals surface area contributed by atoms with Gasteiger partial charge in [0.1, 0.15) is 17.2 Å². The van der Waals surface area contributed by atoms with E-state index in [4.69, 9.17) is 11.6 Å². The van der Waals surface area contributed by atoms with Crippen LogP contribution in [0.1, 0.15) is 26.7 Å². The highest BCUT2D eigenvalue weighted by Crippen LogP contribution is 2.18. The second-order valence-corrected chi connectivity index (χ2v) is 4.15. The Bertz CT molecular complexity index is 318. The van der Waals surface area contributed by atoms with Crippen LogP contribution in [0, 0.1) is 5.92 Å². The van der Waals surface area contributed by atoms with E-state index in [-0.39, 0.29) is 6.10 Å². The third-order valence-corrected chi connectivity index (χ3v) is 3.02. The van der Waals surface area contributed by atoms with Crippen LogP contribution in [0.15, 0.2) is 12.5 Å². The fraction of sp³-hybridized carbons (Fsp3) is 0.636. The maximum absolute atomic E-state index is 9.91. The van der Waals surface area contributed by atoms with E-state index in [2.05, 4.69) is 29.1 Å². The van der Waals surface area contributed by atoms with Crippen molar-refractivity contribution in [2.75, 3.05) is 11.9 Å². The maximum Gasteiger partial charge on any atom is 0.148 e. The molecular weight excluding hydrogens is 226 g/mol. The predicted octanol–water partition coefficient (Wildman–Crippen LogP) is 2.34. The Kier molecular flexibility index (Phi) is 5.49. The third-order valence-electron chi connectivity index (χ3n) is 2.74. The Morgan fingerprint density at radius 3 is 2.69 bits per heavy atom. The minimum Gasteiger partial charge on any atom is -0.391 e. The van der Waals surface area contributed by atoms with Crippen molar-refractivity contribution in [3.8, 4) is 0 Å². The molecule has 0 spiro atoms. The number of anilines is 1. The Balaban J connectivity index is 2.48. The average Bonchev–Trinajstić information content (AvgIpc) is 2.29. The second-order valence-electron chi connectivity index (χ2n) is 3.74. The minimum absolute atomic E-state index is 0.313. The van der Waals surface area contributed by atoms with Gasteiger partial charge in [0.2, 0.25) is 0 Å². The smallest absolute Gasteiger partial charge is 0.148 e. The van der Waals surface area contributed by atoms with Crippen LogP contribution in [0.25, 0.3) is 0 Å². The number of nitrogens with zero attached hydrogens (tertiary/aromatic N) is 2. The summed E-state index contributed by atoms with van der Waals surface area (Å²) in [6.45, 7) is 4.62. The highest BCUT2D eigenvalue weighted by atomic mass is 35.5. The van der Waals surface area contributed by atoms with Gasteiger partial charge < -0.3 is 10.4 Å². The number of aliphatic hydroxyl groups is 1. The largest absolute Gasteiger partial charge is 0.391 e. The Morgan fingerprint density at radius 2 is 2.12 bits per heavy atom. The number of aliphatic hydroxyl groups excluding tert-OH is 1. The van der Waals surface area contributed by atoms with E-state index in [0.29, 0.717) is 23.3 Å². The van der Waals surface area contributed by atoms with Gasteiger partial charge in [-0.25, -0.2) is 9.97 Å². The van der Waals surface area contributed by atoms with Gasteiger partial charge in [-0.15, -0.1) is 0 Å². The molecule has 0 saturated carbocycles. The number of halogens is 1. The first-order valence-corrected chi connectivity index (χ1v) is 5.94. The van der Waals surface area contributed by atoms with Crippen molar-refractivity contribution in [3.05, 3.63) is 17.5 Å². The first-order chi connectivity index (χ1) is 7.69. The van der Waals surface area contributed by atoms with Crippen molar-refractivity contribution in [3.63, 3.8) is 0 Å². The van der Waals surface area contributed by atoms with Gasteiger partial charge in [-0.1, -0.05) is 38.3 Å². The third kappa shape index (κ3) is 3.61. The number of hydrogen-bond acceptors (Lipinski definition) is 4. The zero-order chi connectivity index (χ0) is 12.0. The van der Waals surface area contributed by atoms with Crippen molar-refractivity contribution >= 4 is 17.4 Å². The summed E-state index contributed by atoms with van der Waals surface area (Å²) in [5.74, 6) is 0.884. The molecule has 0 aliphatic heterocycles. The molecule has 0 aliphatic carbocycles. The standard InChI is InChI=1S/C11H18ClN3O/c1-3-8(4-2)10(16)6-14-11-9(12)5-13-7-15-11/h5,7-8,10,16H,3-4,6H2,1-2H3,(H,13,14,15). The van der Waals surface area contributed by atoms with E-state index in [9.17, 15) is 5.11 Å². The Morgan fingerprint density at radius 1 is 1.44 bits per heavy atom. The molecule has 0 aliphatic rings. The molecule has 16 heavy (non-hydrogen) atoms. The molecular formula is C11H18ClN3O. The van der Waals surface area contributed by atoms with Crippen LogP contribution in [-0.2, 0) is 0 Å². The maximum atomic E-state index is 9.91. The van der Waals surface area contributed by atoms with E-state index >= 15 is 0 Å². The molecule has 1 atom stereocenters. The van der Waals surface area contributed by atoms with Gasteiger partial charge in [0.15, 0.2) is 0 Å².